The van der Waals surface area contributed by atoms with E-state index in [9.17, 15) is 13.5 Å². The number of aliphatic hydroxyl groups excluding tert-OH is 1. The Morgan fingerprint density at radius 3 is 2.27 bits per heavy atom. The third-order valence-corrected chi connectivity index (χ3v) is 8.49. The van der Waals surface area contributed by atoms with Gasteiger partial charge in [-0.25, -0.2) is 8.42 Å². The number of para-hydroxylation sites is 1. The molecule has 0 aliphatic carbocycles. The molecule has 0 saturated carbocycles. The lowest BCUT2D eigenvalue weighted by Crippen LogP contribution is -2.36. The maximum absolute atomic E-state index is 13.7. The Morgan fingerprint density at radius 1 is 0.946 bits per heavy atom. The fraction of sp³-hybridized carbons (Fsp3) is 0.333. The first-order valence-electron chi connectivity index (χ1n) is 12.0. The quantitative estimate of drug-likeness (QED) is 0.294. The second kappa shape index (κ2) is 13.7. The molecule has 0 atom stereocenters. The number of ether oxygens (including phenoxy) is 1. The molecule has 1 saturated heterocycles. The third-order valence-electron chi connectivity index (χ3n) is 6.22. The molecular weight excluding hydrogens is 555 g/mol. The van der Waals surface area contributed by atoms with Crippen molar-refractivity contribution in [1.29, 1.82) is 0 Å². The second-order valence-corrected chi connectivity index (χ2v) is 11.6. The number of rotatable bonds is 10. The lowest BCUT2D eigenvalue weighted by molar-refractivity contribution is 0.0800. The summed E-state index contributed by atoms with van der Waals surface area (Å²) in [4.78, 5) is 2.47. The maximum Gasteiger partial charge on any atom is 0.264 e. The molecule has 3 aromatic rings. The lowest BCUT2D eigenvalue weighted by Gasteiger charge is -2.29. The molecule has 0 aromatic heterocycles. The highest BCUT2D eigenvalue weighted by atomic mass is 35.5. The summed E-state index contributed by atoms with van der Waals surface area (Å²) in [5, 5.41) is 10.6. The summed E-state index contributed by atoms with van der Waals surface area (Å²) in [5.41, 5.74) is 1.20. The summed E-state index contributed by atoms with van der Waals surface area (Å²) >= 11 is 12.3. The van der Waals surface area contributed by atoms with Crippen LogP contribution >= 0.6 is 35.6 Å². The van der Waals surface area contributed by atoms with Crippen molar-refractivity contribution < 1.29 is 18.3 Å². The van der Waals surface area contributed by atoms with Crippen molar-refractivity contribution in [3.8, 4) is 5.75 Å². The van der Waals surface area contributed by atoms with E-state index in [1.807, 2.05) is 6.07 Å². The van der Waals surface area contributed by atoms with E-state index in [1.54, 1.807) is 54.6 Å². The van der Waals surface area contributed by atoms with Crippen molar-refractivity contribution in [2.24, 2.45) is 0 Å². The largest absolute Gasteiger partial charge is 0.493 e. The van der Waals surface area contributed by atoms with Gasteiger partial charge in [0.2, 0.25) is 0 Å². The van der Waals surface area contributed by atoms with Crippen LogP contribution in [-0.2, 0) is 16.6 Å². The molecule has 0 amide bonds. The third kappa shape index (κ3) is 7.99. The van der Waals surface area contributed by atoms with Gasteiger partial charge in [-0.05, 0) is 73.9 Å². The molecule has 1 aliphatic heterocycles. The van der Waals surface area contributed by atoms with E-state index < -0.39 is 10.0 Å². The first-order valence-corrected chi connectivity index (χ1v) is 14.2. The molecule has 1 aliphatic rings. The van der Waals surface area contributed by atoms with Gasteiger partial charge in [0.1, 0.15) is 5.75 Å². The summed E-state index contributed by atoms with van der Waals surface area (Å²) in [5.74, 6) is 0.598. The fourth-order valence-corrected chi connectivity index (χ4v) is 5.99. The van der Waals surface area contributed by atoms with Crippen LogP contribution in [0.25, 0.3) is 0 Å². The Balaban J connectivity index is 0.00000380. The van der Waals surface area contributed by atoms with E-state index in [4.69, 9.17) is 27.9 Å². The number of nitrogens with zero attached hydrogens (tertiary/aromatic N) is 2. The minimum atomic E-state index is -3.89. The van der Waals surface area contributed by atoms with Gasteiger partial charge < -0.3 is 14.7 Å². The molecule has 200 valence electrons. The minimum absolute atomic E-state index is 0. The molecular formula is C27H31Cl3N2O4S. The number of likely N-dealkylation sites (tertiary alicyclic amines) is 1. The SMILES string of the molecule is Cl.O=S(=O)(c1ccc(Cl)cc1)N(Cc1cc(Cl)ccc1OCCCN1CCC(O)CC1)c1ccccc1. The van der Waals surface area contributed by atoms with Crippen LogP contribution in [0.4, 0.5) is 5.69 Å². The highest BCUT2D eigenvalue weighted by Gasteiger charge is 2.26. The van der Waals surface area contributed by atoms with Gasteiger partial charge in [-0.3, -0.25) is 4.31 Å². The van der Waals surface area contributed by atoms with Gasteiger partial charge >= 0.3 is 0 Å². The monoisotopic (exact) mass is 584 g/mol. The number of anilines is 1. The Bertz CT molecular complexity index is 1240. The number of halogens is 3. The molecule has 1 heterocycles. The summed E-state index contributed by atoms with van der Waals surface area (Å²) in [6.07, 6.45) is 2.24. The molecule has 6 nitrogen and oxygen atoms in total. The predicted octanol–water partition coefficient (Wildman–Crippen LogP) is 6.04. The minimum Gasteiger partial charge on any atom is -0.493 e. The van der Waals surface area contributed by atoms with Crippen molar-refractivity contribution in [3.63, 3.8) is 0 Å². The molecule has 0 unspecified atom stereocenters. The Labute approximate surface area is 235 Å². The number of benzene rings is 3. The number of hydrogen-bond donors (Lipinski definition) is 1. The number of hydrogen-bond acceptors (Lipinski definition) is 5. The van der Waals surface area contributed by atoms with Crippen LogP contribution in [0.15, 0.2) is 77.7 Å². The van der Waals surface area contributed by atoms with E-state index >= 15 is 0 Å². The zero-order valence-corrected chi connectivity index (χ0v) is 23.4. The molecule has 3 aromatic carbocycles. The first kappa shape index (κ1) is 29.6. The summed E-state index contributed by atoms with van der Waals surface area (Å²) in [6.45, 7) is 3.21. The predicted molar refractivity (Wildman–Crippen MR) is 152 cm³/mol. The fourth-order valence-electron chi connectivity index (χ4n) is 4.22. The van der Waals surface area contributed by atoms with Crippen molar-refractivity contribution in [2.45, 2.75) is 36.8 Å². The molecule has 1 N–H and O–H groups in total. The van der Waals surface area contributed by atoms with Crippen molar-refractivity contribution in [3.05, 3.63) is 88.4 Å². The van der Waals surface area contributed by atoms with Gasteiger partial charge in [-0.15, -0.1) is 12.4 Å². The van der Waals surface area contributed by atoms with E-state index in [-0.39, 0.29) is 30.0 Å². The van der Waals surface area contributed by atoms with Gasteiger partial charge in [0, 0.05) is 35.2 Å². The Hall–Kier alpha value is -2.00. The van der Waals surface area contributed by atoms with E-state index in [0.29, 0.717) is 33.7 Å². The maximum atomic E-state index is 13.7. The number of aliphatic hydroxyl groups is 1. The van der Waals surface area contributed by atoms with Crippen LogP contribution < -0.4 is 9.04 Å². The van der Waals surface area contributed by atoms with Crippen molar-refractivity contribution >= 4 is 51.3 Å². The van der Waals surface area contributed by atoms with Crippen LogP contribution in [-0.4, -0.2) is 50.8 Å². The van der Waals surface area contributed by atoms with E-state index in [2.05, 4.69) is 4.90 Å². The van der Waals surface area contributed by atoms with Crippen molar-refractivity contribution in [2.75, 3.05) is 30.5 Å². The highest BCUT2D eigenvalue weighted by Crippen LogP contribution is 2.31. The number of sulfonamides is 1. The average molecular weight is 586 g/mol. The second-order valence-electron chi connectivity index (χ2n) is 8.83. The van der Waals surface area contributed by atoms with Crippen LogP contribution in [0.2, 0.25) is 10.0 Å². The molecule has 10 heteroatoms. The van der Waals surface area contributed by atoms with Gasteiger partial charge in [0.05, 0.1) is 29.8 Å². The van der Waals surface area contributed by atoms with Crippen LogP contribution in [0, 0.1) is 0 Å². The van der Waals surface area contributed by atoms with Gasteiger partial charge in [0.25, 0.3) is 10.0 Å². The molecule has 0 spiro atoms. The molecule has 0 bridgehead atoms. The molecule has 0 radical (unpaired) electrons. The number of piperidine rings is 1. The van der Waals surface area contributed by atoms with Gasteiger partial charge in [-0.2, -0.15) is 0 Å². The summed E-state index contributed by atoms with van der Waals surface area (Å²) in [6, 6.07) is 20.4. The standard InChI is InChI=1S/C27H30Cl2N2O4S.ClH/c28-22-7-10-26(11-8-22)36(33,34)31(24-5-2-1-3-6-24)20-21-19-23(29)9-12-27(21)35-18-4-15-30-16-13-25(32)14-17-30;/h1-3,5-12,19,25,32H,4,13-18,20H2;1H. The Kier molecular flexibility index (Phi) is 10.9. The Morgan fingerprint density at radius 2 is 1.59 bits per heavy atom. The topological polar surface area (TPSA) is 70.1 Å². The van der Waals surface area contributed by atoms with Gasteiger partial charge in [-0.1, -0.05) is 41.4 Å². The zero-order valence-electron chi connectivity index (χ0n) is 20.3. The van der Waals surface area contributed by atoms with Gasteiger partial charge in [0.15, 0.2) is 0 Å². The van der Waals surface area contributed by atoms with E-state index in [0.717, 1.165) is 38.9 Å². The molecule has 37 heavy (non-hydrogen) atoms. The van der Waals surface area contributed by atoms with Crippen LogP contribution in [0.1, 0.15) is 24.8 Å². The normalized spacial score (nSPS) is 14.7. The highest BCUT2D eigenvalue weighted by molar-refractivity contribution is 7.92. The summed E-state index contributed by atoms with van der Waals surface area (Å²) < 4.78 is 34.8. The zero-order chi connectivity index (χ0) is 25.5. The smallest absolute Gasteiger partial charge is 0.264 e. The average Bonchev–Trinajstić information content (AvgIpc) is 2.88. The van der Waals surface area contributed by atoms with Crippen LogP contribution in [0.5, 0.6) is 5.75 Å². The van der Waals surface area contributed by atoms with Crippen LogP contribution in [0.3, 0.4) is 0 Å². The molecule has 1 fully saturated rings. The van der Waals surface area contributed by atoms with Crippen molar-refractivity contribution in [1.82, 2.24) is 4.90 Å². The lowest BCUT2D eigenvalue weighted by atomic mass is 10.1. The first-order chi connectivity index (χ1) is 17.3. The summed E-state index contributed by atoms with van der Waals surface area (Å²) in [7, 11) is -3.89. The molecule has 4 rings (SSSR count). The van der Waals surface area contributed by atoms with E-state index in [1.165, 1.54) is 16.4 Å².